The van der Waals surface area contributed by atoms with Crippen LogP contribution in [0, 0.1) is 0 Å². The Labute approximate surface area is 50.9 Å². The Hall–Kier alpha value is 1.27. The van der Waals surface area contributed by atoms with Crippen LogP contribution in [0.1, 0.15) is 0 Å². The van der Waals surface area contributed by atoms with Gasteiger partial charge in [0, 0.05) is 37.1 Å². The quantitative estimate of drug-likeness (QED) is 0.464. The third-order valence-corrected chi connectivity index (χ3v) is 0. The zero-order chi connectivity index (χ0) is 2.00. The molecule has 4 heteroatoms. The molecule has 0 rings (SSSR count). The van der Waals surface area contributed by atoms with Gasteiger partial charge >= 0.3 is 0 Å². The molecule has 21 valence electrons. The maximum atomic E-state index is 7.94. The summed E-state index contributed by atoms with van der Waals surface area (Å²) < 4.78 is 7.94. The molecular weight excluding hydrogens is 149 g/mol. The average molecular weight is 149 g/mol. The molecule has 0 aromatic rings. The first kappa shape index (κ1) is 18.7. The van der Waals surface area contributed by atoms with Crippen molar-refractivity contribution in [3.8, 4) is 0 Å². The van der Waals surface area contributed by atoms with Gasteiger partial charge in [-0.25, -0.2) is 0 Å². The monoisotopic (exact) mass is 149 g/mol. The predicted molar refractivity (Wildman–Crippen MR) is 7.61 cm³/mol. The Balaban J connectivity index is -0.00000000500. The summed E-state index contributed by atoms with van der Waals surface area (Å²) in [4.78, 5) is 0. The van der Waals surface area contributed by atoms with Crippen LogP contribution in [0.25, 0.3) is 0 Å². The molecule has 3 radical (unpaired) electrons. The van der Waals surface area contributed by atoms with Gasteiger partial charge in [0.2, 0.25) is 0 Å². The predicted octanol–water partition coefficient (Wildman–Crippen LogP) is 0.737. The Morgan fingerprint density at radius 1 is 1.00 bits per heavy atom. The molecule has 0 heterocycles. The summed E-state index contributed by atoms with van der Waals surface area (Å²) in [6.07, 6.45) is 0. The summed E-state index contributed by atoms with van der Waals surface area (Å²) >= 11 is 0. The first-order chi connectivity index (χ1) is 1.00. The van der Waals surface area contributed by atoms with Crippen molar-refractivity contribution in [2.75, 3.05) is 0 Å². The number of rotatable bonds is 0. The van der Waals surface area contributed by atoms with Gasteiger partial charge in [0.25, 0.3) is 9.12 Å². The van der Waals surface area contributed by atoms with Crippen LogP contribution >= 0.6 is 9.12 Å². The molecule has 4 heavy (non-hydrogen) atoms. The smallest absolute Gasteiger partial charge is 0.261 e. The van der Waals surface area contributed by atoms with E-state index in [9.17, 15) is 0 Å². The van der Waals surface area contributed by atoms with E-state index in [0.29, 0.717) is 0 Å². The molecule has 0 saturated heterocycles. The van der Waals surface area contributed by atoms with Crippen molar-refractivity contribution in [2.24, 2.45) is 0 Å². The minimum Gasteiger partial charge on any atom is -0.261 e. The molecule has 0 aromatic carbocycles. The van der Waals surface area contributed by atoms with Crippen LogP contribution in [0.15, 0.2) is 0 Å². The fourth-order valence-electron chi connectivity index (χ4n) is 0. The molecule has 0 aliphatic rings. The molecular formula is OPV2. The molecule has 0 N–H and O–H groups in total. The van der Waals surface area contributed by atoms with E-state index in [1.807, 2.05) is 0 Å². The standard InChI is InChI=1S/OP.2V/c1-2;;. The topological polar surface area (TPSA) is 17.1 Å². The Morgan fingerprint density at radius 2 is 1.00 bits per heavy atom. The Kier molecular flexibility index (Phi) is 132. The molecule has 0 bridgehead atoms. The van der Waals surface area contributed by atoms with Crippen molar-refractivity contribution >= 4 is 9.12 Å². The van der Waals surface area contributed by atoms with Crippen LogP contribution < -0.4 is 0 Å². The van der Waals surface area contributed by atoms with Crippen LogP contribution in [0.5, 0.6) is 0 Å². The van der Waals surface area contributed by atoms with Crippen LogP contribution in [0.3, 0.4) is 0 Å². The third-order valence-electron chi connectivity index (χ3n) is 0. The zero-order valence-electron chi connectivity index (χ0n) is 1.75. The largest absolute Gasteiger partial charge is 0.261 e. The first-order valence-electron chi connectivity index (χ1n) is 0.183. The average Bonchev–Trinajstić information content (AvgIpc) is 1.00. The maximum absolute atomic E-state index is 7.94. The van der Waals surface area contributed by atoms with Gasteiger partial charge in [0.15, 0.2) is 0 Å². The van der Waals surface area contributed by atoms with Crippen LogP contribution in [0.4, 0.5) is 0 Å². The van der Waals surface area contributed by atoms with Crippen molar-refractivity contribution in [1.82, 2.24) is 0 Å². The Morgan fingerprint density at radius 3 is 1.00 bits per heavy atom. The van der Waals surface area contributed by atoms with Crippen molar-refractivity contribution in [2.45, 2.75) is 0 Å². The normalized spacial score (nSPS) is 1.00. The van der Waals surface area contributed by atoms with Gasteiger partial charge < -0.3 is 0 Å². The molecule has 0 amide bonds. The van der Waals surface area contributed by atoms with Gasteiger partial charge in [-0.05, 0) is 0 Å². The molecule has 0 spiro atoms. The van der Waals surface area contributed by atoms with Crippen LogP contribution in [-0.4, -0.2) is 0 Å². The summed E-state index contributed by atoms with van der Waals surface area (Å²) in [5.74, 6) is 0. The van der Waals surface area contributed by atoms with Gasteiger partial charge in [-0.2, -0.15) is 0 Å². The summed E-state index contributed by atoms with van der Waals surface area (Å²) in [7, 11) is 2.28. The fourth-order valence-corrected chi connectivity index (χ4v) is 0. The molecule has 0 aliphatic heterocycles. The van der Waals surface area contributed by atoms with Gasteiger partial charge in [-0.3, -0.25) is 4.57 Å². The summed E-state index contributed by atoms with van der Waals surface area (Å²) in [6.45, 7) is 0. The van der Waals surface area contributed by atoms with E-state index in [0.717, 1.165) is 0 Å². The van der Waals surface area contributed by atoms with Crippen molar-refractivity contribution in [3.63, 3.8) is 0 Å². The van der Waals surface area contributed by atoms with Gasteiger partial charge in [0.1, 0.15) is 0 Å². The van der Waals surface area contributed by atoms with Gasteiger partial charge in [-0.15, -0.1) is 0 Å². The molecule has 0 aliphatic carbocycles. The number of hydrogen-bond acceptors (Lipinski definition) is 1. The van der Waals surface area contributed by atoms with E-state index < -0.39 is 0 Å². The Bertz CT molecular complexity index is 6.00. The summed E-state index contributed by atoms with van der Waals surface area (Å²) in [6, 6.07) is 0. The third kappa shape index (κ3) is 10.5. The second-order valence-corrected chi connectivity index (χ2v) is 0. The fraction of sp³-hybridized carbons (Fsp3) is 0. The molecule has 0 unspecified atom stereocenters. The van der Waals surface area contributed by atoms with E-state index in [2.05, 4.69) is 9.12 Å². The minimum atomic E-state index is 0. The zero-order valence-corrected chi connectivity index (χ0v) is 5.44. The van der Waals surface area contributed by atoms with E-state index in [4.69, 9.17) is 4.57 Å². The second kappa shape index (κ2) is 28.3. The van der Waals surface area contributed by atoms with Crippen molar-refractivity contribution in [3.05, 3.63) is 0 Å². The van der Waals surface area contributed by atoms with Crippen LogP contribution in [-0.2, 0) is 41.7 Å². The molecule has 1 nitrogen and oxygen atoms in total. The maximum Gasteiger partial charge on any atom is 0.261 e. The molecule has 0 saturated carbocycles. The number of hydrogen-bond donors (Lipinski definition) is 0. The van der Waals surface area contributed by atoms with E-state index in [1.54, 1.807) is 0 Å². The molecule has 0 fully saturated rings. The van der Waals surface area contributed by atoms with Gasteiger partial charge in [-0.1, -0.05) is 0 Å². The first-order valence-corrected chi connectivity index (χ1v) is 0.548. The second-order valence-electron chi connectivity index (χ2n) is 0. The molecule has 0 aromatic heterocycles. The summed E-state index contributed by atoms with van der Waals surface area (Å²) in [5, 5.41) is 0. The molecule has 0 atom stereocenters. The van der Waals surface area contributed by atoms with Crippen LogP contribution in [0.2, 0.25) is 0 Å². The SMILES string of the molecule is O=[P].[V].[V]. The summed E-state index contributed by atoms with van der Waals surface area (Å²) in [5.41, 5.74) is 0. The van der Waals surface area contributed by atoms with Crippen molar-refractivity contribution in [1.29, 1.82) is 0 Å². The van der Waals surface area contributed by atoms with E-state index in [1.165, 1.54) is 0 Å². The van der Waals surface area contributed by atoms with Crippen molar-refractivity contribution < 1.29 is 41.7 Å². The minimum absolute atomic E-state index is 0. The van der Waals surface area contributed by atoms with E-state index in [-0.39, 0.29) is 37.1 Å². The van der Waals surface area contributed by atoms with Gasteiger partial charge in [0.05, 0.1) is 0 Å². The van der Waals surface area contributed by atoms with E-state index >= 15 is 0 Å².